The van der Waals surface area contributed by atoms with Gasteiger partial charge in [0.25, 0.3) is 0 Å². The number of ether oxygens (including phenoxy) is 2. The lowest BCUT2D eigenvalue weighted by Crippen LogP contribution is -2.34. The first-order chi connectivity index (χ1) is 14.0. The van der Waals surface area contributed by atoms with Gasteiger partial charge in [-0.05, 0) is 62.9 Å². The van der Waals surface area contributed by atoms with E-state index in [0.29, 0.717) is 25.0 Å². The second-order valence-electron chi connectivity index (χ2n) is 8.02. The van der Waals surface area contributed by atoms with Gasteiger partial charge in [-0.15, -0.1) is 0 Å². The Kier molecular flexibility index (Phi) is 10.3. The van der Waals surface area contributed by atoms with Gasteiger partial charge >= 0.3 is 5.97 Å². The van der Waals surface area contributed by atoms with Gasteiger partial charge in [-0.1, -0.05) is 32.3 Å². The zero-order chi connectivity index (χ0) is 21.1. The standard InChI is InChI=1S/C23H37NO5/c1-3-4-5-6-19(26)16-21(28-17(2)25)9-7-18-8-10-22(27)23(15-18)29-20-11-13-24-14-12-20/h8,10,15,19-21,24,26-27H,3-7,9,11-14,16H2,1-2H3/t19-,21+/m0/s1. The molecule has 1 fully saturated rings. The van der Waals surface area contributed by atoms with E-state index in [1.165, 1.54) is 6.92 Å². The highest BCUT2D eigenvalue weighted by Crippen LogP contribution is 2.30. The molecule has 29 heavy (non-hydrogen) atoms. The maximum Gasteiger partial charge on any atom is 0.302 e. The number of hydrogen-bond acceptors (Lipinski definition) is 6. The van der Waals surface area contributed by atoms with Crippen molar-refractivity contribution < 1.29 is 24.5 Å². The van der Waals surface area contributed by atoms with Gasteiger partial charge in [-0.2, -0.15) is 0 Å². The van der Waals surface area contributed by atoms with Crippen LogP contribution >= 0.6 is 0 Å². The summed E-state index contributed by atoms with van der Waals surface area (Å²) in [6.07, 6.45) is 6.90. The van der Waals surface area contributed by atoms with Crippen molar-refractivity contribution in [1.29, 1.82) is 0 Å². The van der Waals surface area contributed by atoms with Crippen LogP contribution in [0.1, 0.15) is 70.8 Å². The highest BCUT2D eigenvalue weighted by Gasteiger charge is 2.19. The Morgan fingerprint density at radius 2 is 2.00 bits per heavy atom. The minimum Gasteiger partial charge on any atom is -0.504 e. The largest absolute Gasteiger partial charge is 0.504 e. The smallest absolute Gasteiger partial charge is 0.302 e. The van der Waals surface area contributed by atoms with Crippen molar-refractivity contribution in [2.45, 2.75) is 89.9 Å². The lowest BCUT2D eigenvalue weighted by Gasteiger charge is -2.24. The van der Waals surface area contributed by atoms with Crippen LogP contribution in [0.5, 0.6) is 11.5 Å². The van der Waals surface area contributed by atoms with Crippen molar-refractivity contribution in [3.63, 3.8) is 0 Å². The molecule has 0 unspecified atom stereocenters. The molecule has 6 heteroatoms. The van der Waals surface area contributed by atoms with Crippen molar-refractivity contribution in [3.05, 3.63) is 23.8 Å². The van der Waals surface area contributed by atoms with Crippen molar-refractivity contribution in [1.82, 2.24) is 5.32 Å². The molecule has 6 nitrogen and oxygen atoms in total. The molecule has 1 aromatic carbocycles. The molecule has 1 saturated heterocycles. The van der Waals surface area contributed by atoms with Gasteiger partial charge < -0.3 is 25.0 Å². The quantitative estimate of drug-likeness (QED) is 0.362. The van der Waals surface area contributed by atoms with Gasteiger partial charge in [0, 0.05) is 13.3 Å². The Morgan fingerprint density at radius 1 is 1.24 bits per heavy atom. The molecule has 3 N–H and O–H groups in total. The number of benzene rings is 1. The molecular weight excluding hydrogens is 370 g/mol. The van der Waals surface area contributed by atoms with E-state index in [4.69, 9.17) is 9.47 Å². The van der Waals surface area contributed by atoms with E-state index in [9.17, 15) is 15.0 Å². The van der Waals surface area contributed by atoms with Gasteiger partial charge in [0.1, 0.15) is 12.2 Å². The number of aromatic hydroxyl groups is 1. The fourth-order valence-electron chi connectivity index (χ4n) is 3.74. The first-order valence-corrected chi connectivity index (χ1v) is 11.0. The SMILES string of the molecule is CCCCC[C@H](O)C[C@@H](CCc1ccc(O)c(OC2CCNCC2)c1)OC(C)=O. The predicted octanol–water partition coefficient (Wildman–Crippen LogP) is 3.72. The van der Waals surface area contributed by atoms with E-state index in [2.05, 4.69) is 12.2 Å². The lowest BCUT2D eigenvalue weighted by molar-refractivity contribution is -0.148. The molecule has 1 aliphatic rings. The lowest BCUT2D eigenvalue weighted by atomic mass is 9.99. The molecule has 2 atom stereocenters. The van der Waals surface area contributed by atoms with Gasteiger partial charge in [-0.3, -0.25) is 4.79 Å². The Balaban J connectivity index is 1.91. The fourth-order valence-corrected chi connectivity index (χ4v) is 3.74. The number of aliphatic hydroxyl groups is 1. The van der Waals surface area contributed by atoms with Crippen molar-refractivity contribution in [3.8, 4) is 11.5 Å². The van der Waals surface area contributed by atoms with Gasteiger partial charge in [0.2, 0.25) is 0 Å². The molecular formula is C23H37NO5. The summed E-state index contributed by atoms with van der Waals surface area (Å²) in [5, 5.41) is 23.7. The number of phenols is 1. The van der Waals surface area contributed by atoms with Crippen LogP contribution in [-0.4, -0.2) is 47.6 Å². The Morgan fingerprint density at radius 3 is 2.69 bits per heavy atom. The highest BCUT2D eigenvalue weighted by atomic mass is 16.5. The van der Waals surface area contributed by atoms with Crippen LogP contribution in [0, 0.1) is 0 Å². The minimum absolute atomic E-state index is 0.115. The maximum atomic E-state index is 11.5. The fraction of sp³-hybridized carbons (Fsp3) is 0.696. The first-order valence-electron chi connectivity index (χ1n) is 11.0. The van der Waals surface area contributed by atoms with Crippen molar-refractivity contribution >= 4 is 5.97 Å². The van der Waals surface area contributed by atoms with E-state index in [-0.39, 0.29) is 23.9 Å². The minimum atomic E-state index is -0.454. The van der Waals surface area contributed by atoms with E-state index in [1.807, 2.05) is 12.1 Å². The summed E-state index contributed by atoms with van der Waals surface area (Å²) in [6, 6.07) is 5.40. The summed E-state index contributed by atoms with van der Waals surface area (Å²) in [5.74, 6) is 0.338. The number of unbranched alkanes of at least 4 members (excludes halogenated alkanes) is 2. The number of esters is 1. The number of carbonyl (C=O) groups excluding carboxylic acids is 1. The van der Waals surface area contributed by atoms with Gasteiger partial charge in [0.15, 0.2) is 11.5 Å². The number of hydrogen-bond donors (Lipinski definition) is 3. The highest BCUT2D eigenvalue weighted by molar-refractivity contribution is 5.66. The van der Waals surface area contributed by atoms with Crippen LogP contribution in [0.15, 0.2) is 18.2 Å². The maximum absolute atomic E-state index is 11.5. The molecule has 1 aromatic rings. The summed E-state index contributed by atoms with van der Waals surface area (Å²) < 4.78 is 11.4. The summed E-state index contributed by atoms with van der Waals surface area (Å²) in [5.41, 5.74) is 1.02. The van der Waals surface area contributed by atoms with E-state index in [0.717, 1.165) is 57.2 Å². The molecule has 0 spiro atoms. The summed E-state index contributed by atoms with van der Waals surface area (Å²) in [7, 11) is 0. The molecule has 1 aliphatic heterocycles. The normalized spacial score (nSPS) is 16.9. The third kappa shape index (κ3) is 9.05. The Bertz CT molecular complexity index is 615. The summed E-state index contributed by atoms with van der Waals surface area (Å²) >= 11 is 0. The Labute approximate surface area is 174 Å². The number of aliphatic hydroxyl groups excluding tert-OH is 1. The molecule has 2 rings (SSSR count). The van der Waals surface area contributed by atoms with Crippen molar-refractivity contribution in [2.24, 2.45) is 0 Å². The van der Waals surface area contributed by atoms with Crippen LogP contribution in [0.2, 0.25) is 0 Å². The summed E-state index contributed by atoms with van der Waals surface area (Å²) in [6.45, 7) is 5.39. The number of aryl methyl sites for hydroxylation is 1. The van der Waals surface area contributed by atoms with Crippen LogP contribution in [0.3, 0.4) is 0 Å². The second-order valence-corrected chi connectivity index (χ2v) is 8.02. The molecule has 0 radical (unpaired) electrons. The first kappa shape index (κ1) is 23.5. The predicted molar refractivity (Wildman–Crippen MR) is 113 cm³/mol. The molecule has 0 bridgehead atoms. The number of nitrogens with one attached hydrogen (secondary N) is 1. The van der Waals surface area contributed by atoms with E-state index < -0.39 is 6.10 Å². The molecule has 0 saturated carbocycles. The number of phenolic OH excluding ortho intramolecular Hbond substituents is 1. The van der Waals surface area contributed by atoms with Crippen molar-refractivity contribution in [2.75, 3.05) is 13.1 Å². The van der Waals surface area contributed by atoms with Crippen LogP contribution in [-0.2, 0) is 16.0 Å². The molecule has 0 aliphatic carbocycles. The van der Waals surface area contributed by atoms with Crippen LogP contribution < -0.4 is 10.1 Å². The molecule has 1 heterocycles. The number of carbonyl (C=O) groups is 1. The number of rotatable bonds is 12. The molecule has 0 amide bonds. The van der Waals surface area contributed by atoms with Gasteiger partial charge in [0.05, 0.1) is 6.10 Å². The molecule has 0 aromatic heterocycles. The Hall–Kier alpha value is -1.79. The molecule has 164 valence electrons. The van der Waals surface area contributed by atoms with Gasteiger partial charge in [-0.25, -0.2) is 0 Å². The zero-order valence-electron chi connectivity index (χ0n) is 17.9. The number of piperidine rings is 1. The third-order valence-corrected chi connectivity index (χ3v) is 5.37. The zero-order valence-corrected chi connectivity index (χ0v) is 17.9. The topological polar surface area (TPSA) is 88.0 Å². The summed E-state index contributed by atoms with van der Waals surface area (Å²) in [4.78, 5) is 11.5. The van der Waals surface area contributed by atoms with E-state index >= 15 is 0 Å². The van der Waals surface area contributed by atoms with Crippen LogP contribution in [0.25, 0.3) is 0 Å². The van der Waals surface area contributed by atoms with E-state index in [1.54, 1.807) is 6.07 Å². The average Bonchev–Trinajstić information content (AvgIpc) is 2.69. The second kappa shape index (κ2) is 12.7. The third-order valence-electron chi connectivity index (χ3n) is 5.37. The average molecular weight is 408 g/mol. The monoisotopic (exact) mass is 407 g/mol. The van der Waals surface area contributed by atoms with Crippen LogP contribution in [0.4, 0.5) is 0 Å².